The maximum atomic E-state index is 14.0. The molecule has 2 atom stereocenters. The summed E-state index contributed by atoms with van der Waals surface area (Å²) in [5.74, 6) is -0.0462. The van der Waals surface area contributed by atoms with Crippen LogP contribution in [0.1, 0.15) is 49.0 Å². The Bertz CT molecular complexity index is 1270. The number of halogens is 1. The Morgan fingerprint density at radius 3 is 2.56 bits per heavy atom. The van der Waals surface area contributed by atoms with Gasteiger partial charge in [0.25, 0.3) is 5.91 Å². The fourth-order valence-electron chi connectivity index (χ4n) is 6.20. The Hall–Kier alpha value is -2.64. The lowest BCUT2D eigenvalue weighted by Gasteiger charge is -2.44. The van der Waals surface area contributed by atoms with Crippen molar-refractivity contribution in [2.45, 2.75) is 44.2 Å². The predicted octanol–water partition coefficient (Wildman–Crippen LogP) is 5.08. The van der Waals surface area contributed by atoms with E-state index in [9.17, 15) is 9.59 Å². The molecule has 3 amide bonds. The zero-order valence-electron chi connectivity index (χ0n) is 19.4. The minimum Gasteiger partial charge on any atom is -0.356 e. The summed E-state index contributed by atoms with van der Waals surface area (Å²) >= 11 is 3.62. The van der Waals surface area contributed by atoms with Crippen molar-refractivity contribution in [3.05, 3.63) is 69.8 Å². The first-order valence-electron chi connectivity index (χ1n) is 12.3. The van der Waals surface area contributed by atoms with E-state index in [1.807, 2.05) is 36.1 Å². The van der Waals surface area contributed by atoms with Crippen molar-refractivity contribution in [1.82, 2.24) is 19.7 Å². The summed E-state index contributed by atoms with van der Waals surface area (Å²) in [6.07, 6.45) is 3.51. The van der Waals surface area contributed by atoms with Crippen LogP contribution >= 0.6 is 15.9 Å². The maximum absolute atomic E-state index is 14.0. The fourth-order valence-corrected chi connectivity index (χ4v) is 6.56. The highest BCUT2D eigenvalue weighted by Gasteiger charge is 2.61. The van der Waals surface area contributed by atoms with E-state index in [1.165, 1.54) is 17.7 Å². The summed E-state index contributed by atoms with van der Waals surface area (Å²) < 4.78 is 1.01. The highest BCUT2D eigenvalue weighted by Crippen LogP contribution is 2.50. The van der Waals surface area contributed by atoms with E-state index < -0.39 is 5.54 Å². The molecule has 2 aromatic carbocycles. The Balaban J connectivity index is 1.49. The van der Waals surface area contributed by atoms with Crippen LogP contribution in [0, 0.1) is 0 Å². The van der Waals surface area contributed by atoms with Crippen molar-refractivity contribution >= 4 is 38.8 Å². The highest BCUT2D eigenvalue weighted by molar-refractivity contribution is 9.10. The third-order valence-corrected chi connectivity index (χ3v) is 8.48. The van der Waals surface area contributed by atoms with Gasteiger partial charge in [-0.2, -0.15) is 0 Å². The molecule has 2 unspecified atom stereocenters. The minimum atomic E-state index is -0.868. The molecule has 0 radical (unpaired) electrons. The van der Waals surface area contributed by atoms with Crippen molar-refractivity contribution < 1.29 is 9.59 Å². The SMILES string of the molecule is CCC12Cc3c([nH]c4ccc(Br)cc34)C(c3ccccc3)N1C(=O)N(CCN1CCCC1)C2=O. The van der Waals surface area contributed by atoms with Gasteiger partial charge in [0.15, 0.2) is 0 Å². The van der Waals surface area contributed by atoms with Gasteiger partial charge in [-0.1, -0.05) is 53.2 Å². The number of rotatable bonds is 5. The van der Waals surface area contributed by atoms with Crippen LogP contribution in [0.5, 0.6) is 0 Å². The molecule has 4 heterocycles. The summed E-state index contributed by atoms with van der Waals surface area (Å²) in [5, 5.41) is 1.12. The number of fused-ring (bicyclic) bond motifs is 4. The number of likely N-dealkylation sites (tertiary alicyclic amines) is 1. The van der Waals surface area contributed by atoms with Crippen LogP contribution in [0.25, 0.3) is 10.9 Å². The molecule has 0 aliphatic carbocycles. The molecule has 34 heavy (non-hydrogen) atoms. The molecule has 1 aromatic heterocycles. The lowest BCUT2D eigenvalue weighted by molar-refractivity contribution is -0.134. The Morgan fingerprint density at radius 2 is 1.82 bits per heavy atom. The predicted molar refractivity (Wildman–Crippen MR) is 136 cm³/mol. The molecule has 2 fully saturated rings. The molecule has 3 aliphatic heterocycles. The van der Waals surface area contributed by atoms with Gasteiger partial charge >= 0.3 is 6.03 Å². The number of imide groups is 1. The standard InChI is InChI=1S/C27H29BrN4O2/c1-2-27-17-21-20-16-19(28)10-11-22(20)29-23(21)24(18-8-4-3-5-9-18)32(27)26(34)31(25(27)33)15-14-30-12-6-7-13-30/h3-5,8-11,16,24,29H,2,6-7,12-15,17H2,1H3. The van der Waals surface area contributed by atoms with Gasteiger partial charge in [-0.15, -0.1) is 0 Å². The second-order valence-electron chi connectivity index (χ2n) is 9.74. The number of hydrogen-bond donors (Lipinski definition) is 1. The lowest BCUT2D eigenvalue weighted by atomic mass is 9.78. The molecule has 0 spiro atoms. The number of carbonyl (C=O) groups excluding carboxylic acids is 2. The Kier molecular flexibility index (Phi) is 5.30. The monoisotopic (exact) mass is 520 g/mol. The second kappa shape index (κ2) is 8.24. The Morgan fingerprint density at radius 1 is 1.06 bits per heavy atom. The molecule has 3 aromatic rings. The number of hydrogen-bond acceptors (Lipinski definition) is 3. The van der Waals surface area contributed by atoms with Gasteiger partial charge in [-0.05, 0) is 61.7 Å². The highest BCUT2D eigenvalue weighted by atomic mass is 79.9. The van der Waals surface area contributed by atoms with Gasteiger partial charge in [0.1, 0.15) is 11.6 Å². The van der Waals surface area contributed by atoms with E-state index in [0.717, 1.165) is 51.8 Å². The van der Waals surface area contributed by atoms with Crippen LogP contribution in [0.3, 0.4) is 0 Å². The summed E-state index contributed by atoms with van der Waals surface area (Å²) in [7, 11) is 0. The van der Waals surface area contributed by atoms with E-state index >= 15 is 0 Å². The van der Waals surface area contributed by atoms with E-state index in [0.29, 0.717) is 19.4 Å². The van der Waals surface area contributed by atoms with Gasteiger partial charge in [0.05, 0.1) is 0 Å². The van der Waals surface area contributed by atoms with Crippen molar-refractivity contribution in [2.75, 3.05) is 26.2 Å². The molecular weight excluding hydrogens is 492 g/mol. The first-order valence-corrected chi connectivity index (χ1v) is 13.1. The number of H-pyrrole nitrogens is 1. The van der Waals surface area contributed by atoms with Crippen molar-refractivity contribution in [3.63, 3.8) is 0 Å². The van der Waals surface area contributed by atoms with E-state index in [-0.39, 0.29) is 18.0 Å². The number of urea groups is 1. The summed E-state index contributed by atoms with van der Waals surface area (Å²) in [4.78, 5) is 37.4. The van der Waals surface area contributed by atoms with Crippen LogP contribution in [0.2, 0.25) is 0 Å². The number of carbonyl (C=O) groups is 2. The van der Waals surface area contributed by atoms with Gasteiger partial charge in [0, 0.05) is 40.6 Å². The topological polar surface area (TPSA) is 59.7 Å². The molecule has 6 nitrogen and oxygen atoms in total. The van der Waals surface area contributed by atoms with Gasteiger partial charge in [-0.3, -0.25) is 14.6 Å². The number of benzene rings is 2. The number of nitrogens with one attached hydrogen (secondary N) is 1. The van der Waals surface area contributed by atoms with Gasteiger partial charge in [0.2, 0.25) is 0 Å². The molecule has 176 valence electrons. The van der Waals surface area contributed by atoms with E-state index in [1.54, 1.807) is 0 Å². The number of aromatic amines is 1. The largest absolute Gasteiger partial charge is 0.356 e. The third-order valence-electron chi connectivity index (χ3n) is 7.98. The van der Waals surface area contributed by atoms with Crippen LogP contribution in [0.15, 0.2) is 53.0 Å². The smallest absolute Gasteiger partial charge is 0.328 e. The molecule has 6 rings (SSSR count). The average molecular weight is 521 g/mol. The van der Waals surface area contributed by atoms with Crippen molar-refractivity contribution in [1.29, 1.82) is 0 Å². The molecular formula is C27H29BrN4O2. The molecule has 3 aliphatic rings. The molecule has 7 heteroatoms. The molecule has 0 bridgehead atoms. The van der Waals surface area contributed by atoms with Crippen molar-refractivity contribution in [3.8, 4) is 0 Å². The quantitative estimate of drug-likeness (QED) is 0.477. The summed E-state index contributed by atoms with van der Waals surface area (Å²) in [5.41, 5.74) is 3.35. The van der Waals surface area contributed by atoms with E-state index in [4.69, 9.17) is 0 Å². The normalized spacial score (nSPS) is 24.8. The van der Waals surface area contributed by atoms with Gasteiger partial charge < -0.3 is 9.88 Å². The average Bonchev–Trinajstić information content (AvgIpc) is 3.55. The number of amides is 3. The van der Waals surface area contributed by atoms with Crippen LogP contribution in [-0.2, 0) is 11.2 Å². The number of nitrogens with zero attached hydrogens (tertiary/aromatic N) is 3. The molecule has 0 saturated carbocycles. The molecule has 1 N–H and O–H groups in total. The maximum Gasteiger partial charge on any atom is 0.328 e. The summed E-state index contributed by atoms with van der Waals surface area (Å²) in [6, 6.07) is 15.8. The van der Waals surface area contributed by atoms with Crippen LogP contribution in [-0.4, -0.2) is 63.3 Å². The zero-order chi connectivity index (χ0) is 23.4. The first kappa shape index (κ1) is 21.9. The minimum absolute atomic E-state index is 0.0462. The Labute approximate surface area is 208 Å². The third kappa shape index (κ3) is 3.17. The fraction of sp³-hybridized carbons (Fsp3) is 0.407. The number of aromatic nitrogens is 1. The summed E-state index contributed by atoms with van der Waals surface area (Å²) in [6.45, 7) is 5.35. The lowest BCUT2D eigenvalue weighted by Crippen LogP contribution is -2.55. The van der Waals surface area contributed by atoms with E-state index in [2.05, 4.69) is 50.1 Å². The van der Waals surface area contributed by atoms with Crippen molar-refractivity contribution in [2.24, 2.45) is 0 Å². The van der Waals surface area contributed by atoms with Gasteiger partial charge in [-0.25, -0.2) is 4.79 Å². The molecule has 2 saturated heterocycles. The second-order valence-corrected chi connectivity index (χ2v) is 10.7. The zero-order valence-corrected chi connectivity index (χ0v) is 21.0. The van der Waals surface area contributed by atoms with Crippen LogP contribution in [0.4, 0.5) is 4.79 Å². The first-order chi connectivity index (χ1) is 16.5. The van der Waals surface area contributed by atoms with Crippen LogP contribution < -0.4 is 0 Å².